The van der Waals surface area contributed by atoms with Crippen molar-refractivity contribution in [3.63, 3.8) is 0 Å². The molecule has 0 aliphatic rings. The predicted molar refractivity (Wildman–Crippen MR) is 70.0 cm³/mol. The molecular weight excluding hydrogens is 342 g/mol. The molecule has 0 radical (unpaired) electrons. The van der Waals surface area contributed by atoms with Crippen LogP contribution in [0.25, 0.3) is 0 Å². The van der Waals surface area contributed by atoms with Crippen LogP contribution >= 0.6 is 15.9 Å². The Balaban J connectivity index is 2.43. The van der Waals surface area contributed by atoms with Crippen molar-refractivity contribution in [3.05, 3.63) is 52.3 Å². The molecule has 2 nitrogen and oxygen atoms in total. The van der Waals surface area contributed by atoms with E-state index in [4.69, 9.17) is 10.5 Å². The van der Waals surface area contributed by atoms with E-state index in [1.807, 2.05) is 0 Å². The van der Waals surface area contributed by atoms with Gasteiger partial charge in [-0.1, -0.05) is 15.9 Å². The van der Waals surface area contributed by atoms with Crippen molar-refractivity contribution in [2.45, 2.75) is 6.18 Å². The number of hydrogen-bond acceptors (Lipinski definition) is 2. The van der Waals surface area contributed by atoms with Gasteiger partial charge in [-0.05, 0) is 30.3 Å². The fourth-order valence-electron chi connectivity index (χ4n) is 1.53. The number of benzene rings is 2. The molecule has 2 rings (SSSR count). The summed E-state index contributed by atoms with van der Waals surface area (Å²) in [6.45, 7) is 0. The van der Waals surface area contributed by atoms with Gasteiger partial charge in [-0.25, -0.2) is 4.39 Å². The van der Waals surface area contributed by atoms with Crippen LogP contribution in [0.3, 0.4) is 0 Å². The van der Waals surface area contributed by atoms with Crippen molar-refractivity contribution < 1.29 is 22.3 Å². The van der Waals surface area contributed by atoms with Gasteiger partial charge in [0.05, 0.1) is 5.56 Å². The quantitative estimate of drug-likeness (QED) is 0.612. The Bertz CT molecular complexity index is 643. The minimum Gasteiger partial charge on any atom is -0.454 e. The standard InChI is InChI=1S/C13H8BrF4NO/c14-7-1-3-11(9(5-7)13(16,17)18)20-12-4-2-8(19)6-10(12)15/h1-6H,19H2. The molecule has 0 heterocycles. The van der Waals surface area contributed by atoms with E-state index in [2.05, 4.69) is 15.9 Å². The van der Waals surface area contributed by atoms with Gasteiger partial charge in [-0.3, -0.25) is 0 Å². The van der Waals surface area contributed by atoms with Crippen molar-refractivity contribution in [3.8, 4) is 11.5 Å². The number of hydrogen-bond donors (Lipinski definition) is 1. The van der Waals surface area contributed by atoms with Gasteiger partial charge < -0.3 is 10.5 Å². The third-order valence-corrected chi connectivity index (χ3v) is 2.92. The minimum atomic E-state index is -4.61. The number of alkyl halides is 3. The summed E-state index contributed by atoms with van der Waals surface area (Å²) in [5.74, 6) is -1.64. The molecule has 7 heteroatoms. The lowest BCUT2D eigenvalue weighted by atomic mass is 10.2. The summed E-state index contributed by atoms with van der Waals surface area (Å²) in [6.07, 6.45) is -4.61. The fourth-order valence-corrected chi connectivity index (χ4v) is 1.89. The van der Waals surface area contributed by atoms with E-state index in [9.17, 15) is 17.6 Å². The first-order valence-corrected chi connectivity index (χ1v) is 6.16. The van der Waals surface area contributed by atoms with Crippen molar-refractivity contribution in [1.82, 2.24) is 0 Å². The topological polar surface area (TPSA) is 35.2 Å². The summed E-state index contributed by atoms with van der Waals surface area (Å²) < 4.78 is 57.4. The zero-order chi connectivity index (χ0) is 14.9. The highest BCUT2D eigenvalue weighted by Gasteiger charge is 2.35. The van der Waals surface area contributed by atoms with Crippen LogP contribution in [0.1, 0.15) is 5.56 Å². The van der Waals surface area contributed by atoms with Gasteiger partial charge >= 0.3 is 6.18 Å². The number of nitrogens with two attached hydrogens (primary N) is 1. The smallest absolute Gasteiger partial charge is 0.420 e. The highest BCUT2D eigenvalue weighted by Crippen LogP contribution is 2.40. The number of ether oxygens (including phenoxy) is 1. The Morgan fingerprint density at radius 1 is 1.00 bits per heavy atom. The molecule has 0 spiro atoms. The highest BCUT2D eigenvalue weighted by atomic mass is 79.9. The van der Waals surface area contributed by atoms with Gasteiger partial charge in [0.15, 0.2) is 11.6 Å². The van der Waals surface area contributed by atoms with Crippen LogP contribution in [0.15, 0.2) is 40.9 Å². The number of halogens is 5. The van der Waals surface area contributed by atoms with E-state index in [1.54, 1.807) is 0 Å². The third kappa shape index (κ3) is 3.22. The number of rotatable bonds is 2. The predicted octanol–water partition coefficient (Wildman–Crippen LogP) is 4.98. The first kappa shape index (κ1) is 14.6. The maximum Gasteiger partial charge on any atom is 0.420 e. The Hall–Kier alpha value is -1.76. The molecule has 0 saturated carbocycles. The zero-order valence-electron chi connectivity index (χ0n) is 9.84. The van der Waals surface area contributed by atoms with Crippen molar-refractivity contribution in [1.29, 1.82) is 0 Å². The van der Waals surface area contributed by atoms with E-state index in [0.29, 0.717) is 0 Å². The van der Waals surface area contributed by atoms with Crippen LogP contribution in [0, 0.1) is 5.82 Å². The Kier molecular flexibility index (Phi) is 3.89. The summed E-state index contributed by atoms with van der Waals surface area (Å²) in [6, 6.07) is 6.84. The maximum atomic E-state index is 13.5. The van der Waals surface area contributed by atoms with Gasteiger partial charge in [0.1, 0.15) is 5.75 Å². The summed E-state index contributed by atoms with van der Waals surface area (Å²) >= 11 is 2.95. The van der Waals surface area contributed by atoms with Crippen molar-refractivity contribution in [2.75, 3.05) is 5.73 Å². The Labute approximate surface area is 120 Å². The van der Waals surface area contributed by atoms with Gasteiger partial charge in [0, 0.05) is 16.2 Å². The number of anilines is 1. The van der Waals surface area contributed by atoms with Crippen LogP contribution in [0.4, 0.5) is 23.2 Å². The van der Waals surface area contributed by atoms with E-state index >= 15 is 0 Å². The van der Waals surface area contributed by atoms with Gasteiger partial charge in [-0.15, -0.1) is 0 Å². The molecule has 0 atom stereocenters. The zero-order valence-corrected chi connectivity index (χ0v) is 11.4. The van der Waals surface area contributed by atoms with Crippen LogP contribution in [0.5, 0.6) is 11.5 Å². The second kappa shape index (κ2) is 5.32. The van der Waals surface area contributed by atoms with Crippen LogP contribution < -0.4 is 10.5 Å². The van der Waals surface area contributed by atoms with Crippen LogP contribution in [-0.2, 0) is 6.18 Å². The fraction of sp³-hybridized carbons (Fsp3) is 0.0769. The monoisotopic (exact) mass is 349 g/mol. The molecule has 0 saturated heterocycles. The largest absolute Gasteiger partial charge is 0.454 e. The molecule has 0 aliphatic carbocycles. The molecule has 20 heavy (non-hydrogen) atoms. The van der Waals surface area contributed by atoms with Gasteiger partial charge in [-0.2, -0.15) is 13.2 Å². The first-order chi connectivity index (χ1) is 9.27. The normalized spacial score (nSPS) is 11.4. The average Bonchev–Trinajstić information content (AvgIpc) is 2.33. The van der Waals surface area contributed by atoms with Crippen molar-refractivity contribution >= 4 is 21.6 Å². The SMILES string of the molecule is Nc1ccc(Oc2ccc(Br)cc2C(F)(F)F)c(F)c1. The molecule has 2 aromatic rings. The molecule has 0 fully saturated rings. The first-order valence-electron chi connectivity index (χ1n) is 5.37. The molecule has 0 aromatic heterocycles. The lowest BCUT2D eigenvalue weighted by molar-refractivity contribution is -0.138. The Morgan fingerprint density at radius 3 is 2.25 bits per heavy atom. The maximum absolute atomic E-state index is 13.5. The van der Waals surface area contributed by atoms with E-state index in [0.717, 1.165) is 18.2 Å². The molecule has 0 unspecified atom stereocenters. The summed E-state index contributed by atoms with van der Waals surface area (Å²) in [5, 5.41) is 0. The highest BCUT2D eigenvalue weighted by molar-refractivity contribution is 9.10. The Morgan fingerprint density at radius 2 is 1.65 bits per heavy atom. The van der Waals surface area contributed by atoms with Crippen LogP contribution in [0.2, 0.25) is 0 Å². The summed E-state index contributed by atoms with van der Waals surface area (Å²) in [5.41, 5.74) is 4.52. The number of nitrogen functional groups attached to an aromatic ring is 1. The molecular formula is C13H8BrF4NO. The van der Waals surface area contributed by atoms with Crippen LogP contribution in [-0.4, -0.2) is 0 Å². The summed E-state index contributed by atoms with van der Waals surface area (Å²) in [7, 11) is 0. The molecule has 0 aliphatic heterocycles. The van der Waals surface area contributed by atoms with E-state index in [-0.39, 0.29) is 15.9 Å². The lowest BCUT2D eigenvalue weighted by Gasteiger charge is -2.14. The van der Waals surface area contributed by atoms with Gasteiger partial charge in [0.25, 0.3) is 0 Å². The molecule has 0 bridgehead atoms. The second-order valence-electron chi connectivity index (χ2n) is 3.93. The second-order valence-corrected chi connectivity index (χ2v) is 4.85. The van der Waals surface area contributed by atoms with Gasteiger partial charge in [0.2, 0.25) is 0 Å². The third-order valence-electron chi connectivity index (χ3n) is 2.42. The lowest BCUT2D eigenvalue weighted by Crippen LogP contribution is -2.07. The molecule has 0 amide bonds. The van der Waals surface area contributed by atoms with E-state index in [1.165, 1.54) is 18.2 Å². The average molecular weight is 350 g/mol. The molecule has 2 aromatic carbocycles. The molecule has 106 valence electrons. The van der Waals surface area contributed by atoms with E-state index < -0.39 is 23.3 Å². The molecule has 2 N–H and O–H groups in total. The summed E-state index contributed by atoms with van der Waals surface area (Å²) in [4.78, 5) is 0. The minimum absolute atomic E-state index is 0.154. The van der Waals surface area contributed by atoms with Crippen molar-refractivity contribution in [2.24, 2.45) is 0 Å².